The molecule has 0 saturated carbocycles. The minimum absolute atomic E-state index is 0.990. The van der Waals surface area contributed by atoms with Crippen molar-refractivity contribution >= 4 is 0 Å². The van der Waals surface area contributed by atoms with E-state index in [0.29, 0.717) is 0 Å². The monoisotopic (exact) mass is 341 g/mol. The lowest BCUT2D eigenvalue weighted by Crippen LogP contribution is -4.29. The topological polar surface area (TPSA) is 92.2 Å². The zero-order valence-electron chi connectivity index (χ0n) is 9.55. The molecule has 16 heavy (non-hydrogen) atoms. The first-order chi connectivity index (χ1) is 7.08. The largest absolute Gasteiger partial charge is 0.327 e. The molecule has 0 heterocycles. The number of rotatable bonds is 2. The highest BCUT2D eigenvalue weighted by Crippen LogP contribution is 2.04. The van der Waals surface area contributed by atoms with E-state index in [1.54, 1.807) is 0 Å². The molecule has 1 aromatic rings. The van der Waals surface area contributed by atoms with Crippen molar-refractivity contribution in [3.63, 3.8) is 0 Å². The molecule has 0 atom stereocenters. The first-order valence-corrected chi connectivity index (χ1v) is 8.06. The van der Waals surface area contributed by atoms with Crippen LogP contribution in [0.15, 0.2) is 30.3 Å². The van der Waals surface area contributed by atoms with Crippen molar-refractivity contribution in [2.75, 3.05) is 21.1 Å². The second kappa shape index (κ2) is 6.48. The summed E-state index contributed by atoms with van der Waals surface area (Å²) in [5.41, 5.74) is 1.40. The van der Waals surface area contributed by atoms with Gasteiger partial charge in [0.2, 0.25) is 0 Å². The summed E-state index contributed by atoms with van der Waals surface area (Å²) in [6.45, 7) is 1.10. The molecule has 0 aliphatic rings. The lowest BCUT2D eigenvalue weighted by Gasteiger charge is -2.23. The molecule has 0 saturated heterocycles. The summed E-state index contributed by atoms with van der Waals surface area (Å²) in [4.78, 5) is 0. The molecule has 0 aliphatic heterocycles. The maximum Gasteiger partial charge on any atom is 0.144 e. The fourth-order valence-corrected chi connectivity index (χ4v) is 1.13. The third kappa shape index (κ3) is 13.8. The predicted octanol–water partition coefficient (Wildman–Crippen LogP) is -5.86. The van der Waals surface area contributed by atoms with Crippen LogP contribution in [-0.4, -0.2) is 25.6 Å². The zero-order chi connectivity index (χ0) is 12.8. The van der Waals surface area contributed by atoms with Crippen LogP contribution in [0.4, 0.5) is 0 Å². The molecule has 0 fully saturated rings. The molecule has 0 N–H and O–H groups in total. The Hall–Kier alpha value is -0.250. The minimum Gasteiger partial charge on any atom is -0.327 e. The normalized spacial score (nSPS) is 11.7. The Bertz CT molecular complexity index is 286. The van der Waals surface area contributed by atoms with E-state index in [4.69, 9.17) is 13.7 Å². The van der Waals surface area contributed by atoms with Gasteiger partial charge >= 0.3 is 0 Å². The molecule has 1 aromatic carbocycles. The average Bonchev–Trinajstić information content (AvgIpc) is 1.99. The maximum absolute atomic E-state index is 8.62. The van der Waals surface area contributed by atoms with Crippen molar-refractivity contribution in [1.29, 1.82) is 0 Å². The van der Waals surface area contributed by atoms with Gasteiger partial charge in [0.05, 0.1) is 21.1 Å². The Labute approximate surface area is 102 Å². The van der Waals surface area contributed by atoms with Crippen LogP contribution in [0.2, 0.25) is 0 Å². The number of halogens is 1. The molecular formula is C10H16INO4. The molecule has 6 heteroatoms. The van der Waals surface area contributed by atoms with E-state index >= 15 is 0 Å². The summed E-state index contributed by atoms with van der Waals surface area (Å²) in [7, 11) is 6.60. The average molecular weight is 341 g/mol. The summed E-state index contributed by atoms with van der Waals surface area (Å²) in [6.07, 6.45) is 0. The van der Waals surface area contributed by atoms with Crippen LogP contribution in [0, 0.1) is 0 Å². The highest BCUT2D eigenvalue weighted by atomic mass is 127. The lowest BCUT2D eigenvalue weighted by atomic mass is 10.2. The first-order valence-electron chi connectivity index (χ1n) is 4.54. The van der Waals surface area contributed by atoms with E-state index in [2.05, 4.69) is 51.5 Å². The van der Waals surface area contributed by atoms with Crippen LogP contribution in [0.3, 0.4) is 0 Å². The first kappa shape index (κ1) is 15.8. The van der Waals surface area contributed by atoms with Crippen molar-refractivity contribution in [3.05, 3.63) is 35.9 Å². The number of hydrogen-bond acceptors (Lipinski definition) is 4. The Balaban J connectivity index is 0.000000385. The number of benzene rings is 1. The van der Waals surface area contributed by atoms with Gasteiger partial charge in [-0.15, -0.1) is 0 Å². The van der Waals surface area contributed by atoms with Gasteiger partial charge in [0.25, 0.3) is 0 Å². The van der Waals surface area contributed by atoms with Gasteiger partial charge in [0.1, 0.15) is 26.6 Å². The van der Waals surface area contributed by atoms with Gasteiger partial charge in [-0.1, -0.05) is 30.3 Å². The molecule has 0 amide bonds. The summed E-state index contributed by atoms with van der Waals surface area (Å²) in [5, 5.41) is 0. The fourth-order valence-electron chi connectivity index (χ4n) is 1.13. The second-order valence-electron chi connectivity index (χ2n) is 4.31. The Morgan fingerprint density at radius 3 is 1.62 bits per heavy atom. The van der Waals surface area contributed by atoms with Gasteiger partial charge in [-0.3, -0.25) is 13.7 Å². The molecule has 0 aromatic heterocycles. The summed E-state index contributed by atoms with van der Waals surface area (Å²) < 4.78 is 35.5. The van der Waals surface area contributed by atoms with Gasteiger partial charge in [-0.05, 0) is 0 Å². The SMILES string of the molecule is C[N+](C)(C)Cc1ccccc1.[O-][I+3]([O-])([O-])[O-]. The second-order valence-corrected chi connectivity index (χ2v) is 6.47. The third-order valence-electron chi connectivity index (χ3n) is 1.50. The molecule has 0 bridgehead atoms. The van der Waals surface area contributed by atoms with E-state index in [1.165, 1.54) is 5.56 Å². The van der Waals surface area contributed by atoms with Crippen LogP contribution in [0.1, 0.15) is 5.56 Å². The van der Waals surface area contributed by atoms with Crippen LogP contribution < -0.4 is 33.8 Å². The van der Waals surface area contributed by atoms with Crippen molar-refractivity contribution < 1.29 is 38.3 Å². The van der Waals surface area contributed by atoms with Crippen molar-refractivity contribution in [1.82, 2.24) is 0 Å². The number of nitrogens with zero attached hydrogens (tertiary/aromatic N) is 1. The van der Waals surface area contributed by atoms with Crippen LogP contribution in [0.5, 0.6) is 0 Å². The molecule has 0 aliphatic carbocycles. The quantitative estimate of drug-likeness (QED) is 0.396. The lowest BCUT2D eigenvalue weighted by molar-refractivity contribution is -2.00. The Morgan fingerprint density at radius 1 is 0.938 bits per heavy atom. The standard InChI is InChI=1S/C10H16N.IO4/c1-11(2,3)9-10-7-5-4-6-8-10;2-1(3,4)5/h4-8H,9H2,1-3H3;/q+1;-1. The fraction of sp³-hybridized carbons (Fsp3) is 0.400. The third-order valence-corrected chi connectivity index (χ3v) is 1.50. The molecule has 5 nitrogen and oxygen atoms in total. The van der Waals surface area contributed by atoms with Crippen molar-refractivity contribution in [3.8, 4) is 0 Å². The highest BCUT2D eigenvalue weighted by molar-refractivity contribution is 5.13. The van der Waals surface area contributed by atoms with Crippen LogP contribution >= 0.6 is 0 Å². The number of hydrogen-bond donors (Lipinski definition) is 0. The predicted molar refractivity (Wildman–Crippen MR) is 48.2 cm³/mol. The van der Waals surface area contributed by atoms with Crippen LogP contribution in [0.25, 0.3) is 0 Å². The van der Waals surface area contributed by atoms with E-state index in [0.717, 1.165) is 11.0 Å². The Kier molecular flexibility index (Phi) is 6.38. The van der Waals surface area contributed by atoms with E-state index in [9.17, 15) is 0 Å². The molecular weight excluding hydrogens is 325 g/mol. The maximum atomic E-state index is 8.62. The van der Waals surface area contributed by atoms with E-state index in [1.807, 2.05) is 0 Å². The van der Waals surface area contributed by atoms with Gasteiger partial charge in [0, 0.05) is 5.56 Å². The molecule has 1 rings (SSSR count). The zero-order valence-corrected chi connectivity index (χ0v) is 11.7. The highest BCUT2D eigenvalue weighted by Gasteiger charge is 2.06. The molecule has 0 spiro atoms. The van der Waals surface area contributed by atoms with E-state index < -0.39 is 20.1 Å². The summed E-state index contributed by atoms with van der Waals surface area (Å²) in [6, 6.07) is 10.6. The van der Waals surface area contributed by atoms with Crippen LogP contribution in [-0.2, 0) is 6.54 Å². The molecule has 92 valence electrons. The van der Waals surface area contributed by atoms with Gasteiger partial charge in [0.15, 0.2) is 0 Å². The number of quaternary nitrogens is 1. The van der Waals surface area contributed by atoms with Gasteiger partial charge in [-0.2, -0.15) is 0 Å². The van der Waals surface area contributed by atoms with Gasteiger partial charge < -0.3 is 4.48 Å². The molecule has 0 unspecified atom stereocenters. The smallest absolute Gasteiger partial charge is 0.144 e. The minimum atomic E-state index is -5.94. The summed E-state index contributed by atoms with van der Waals surface area (Å²) >= 11 is -5.94. The van der Waals surface area contributed by atoms with Gasteiger partial charge in [-0.25, -0.2) is 0 Å². The van der Waals surface area contributed by atoms with E-state index in [-0.39, 0.29) is 0 Å². The van der Waals surface area contributed by atoms with Crippen molar-refractivity contribution in [2.45, 2.75) is 6.54 Å². The summed E-state index contributed by atoms with van der Waals surface area (Å²) in [5.74, 6) is 0. The van der Waals surface area contributed by atoms with Crippen molar-refractivity contribution in [2.24, 2.45) is 0 Å². The Morgan fingerprint density at radius 2 is 1.31 bits per heavy atom. The molecule has 0 radical (unpaired) electrons.